The molecule has 2 aromatic carbocycles. The molecule has 0 bridgehead atoms. The summed E-state index contributed by atoms with van der Waals surface area (Å²) in [6, 6.07) is 22.0. The summed E-state index contributed by atoms with van der Waals surface area (Å²) < 4.78 is 7.44. The lowest BCUT2D eigenvalue weighted by Gasteiger charge is -2.31. The molecule has 152 valence electrons. The quantitative estimate of drug-likeness (QED) is 0.493. The Morgan fingerprint density at radius 1 is 0.967 bits per heavy atom. The van der Waals surface area contributed by atoms with E-state index in [4.69, 9.17) is 4.52 Å². The van der Waals surface area contributed by atoms with Crippen LogP contribution in [0.3, 0.4) is 0 Å². The Morgan fingerprint density at radius 2 is 1.73 bits per heavy atom. The van der Waals surface area contributed by atoms with Crippen molar-refractivity contribution >= 4 is 10.8 Å². The first-order valence-electron chi connectivity index (χ1n) is 10.6. The van der Waals surface area contributed by atoms with Gasteiger partial charge in [0, 0.05) is 29.8 Å². The van der Waals surface area contributed by atoms with Gasteiger partial charge >= 0.3 is 0 Å². The highest BCUT2D eigenvalue weighted by Gasteiger charge is 2.21. The number of piperidine rings is 1. The predicted molar refractivity (Wildman–Crippen MR) is 118 cm³/mol. The summed E-state index contributed by atoms with van der Waals surface area (Å²) >= 11 is 0. The molecule has 2 aromatic heterocycles. The van der Waals surface area contributed by atoms with Crippen molar-refractivity contribution in [2.75, 3.05) is 13.1 Å². The van der Waals surface area contributed by atoms with Crippen molar-refractivity contribution in [1.82, 2.24) is 14.6 Å². The average molecular weight is 399 g/mol. The number of fused-ring (bicyclic) bond motifs is 1. The summed E-state index contributed by atoms with van der Waals surface area (Å²) in [5.74, 6) is 1.42. The molecule has 0 atom stereocenters. The molecule has 0 saturated carbocycles. The predicted octanol–water partition coefficient (Wildman–Crippen LogP) is 4.57. The van der Waals surface area contributed by atoms with Gasteiger partial charge in [0.15, 0.2) is 5.76 Å². The highest BCUT2D eigenvalue weighted by molar-refractivity contribution is 5.81. The zero-order chi connectivity index (χ0) is 20.3. The van der Waals surface area contributed by atoms with Crippen molar-refractivity contribution in [3.8, 4) is 11.3 Å². The lowest BCUT2D eigenvalue weighted by Crippen LogP contribution is -2.35. The molecular weight excluding hydrogens is 374 g/mol. The summed E-state index contributed by atoms with van der Waals surface area (Å²) in [6.45, 7) is 3.59. The lowest BCUT2D eigenvalue weighted by molar-refractivity contribution is 0.153. The molecule has 0 spiro atoms. The van der Waals surface area contributed by atoms with Crippen molar-refractivity contribution < 1.29 is 4.52 Å². The monoisotopic (exact) mass is 399 g/mol. The molecule has 5 rings (SSSR count). The van der Waals surface area contributed by atoms with E-state index in [1.807, 2.05) is 77.5 Å². The Bertz CT molecular complexity index is 1190. The van der Waals surface area contributed by atoms with Crippen LogP contribution in [0.1, 0.15) is 18.6 Å². The van der Waals surface area contributed by atoms with E-state index in [9.17, 15) is 4.79 Å². The number of aromatic nitrogens is 2. The van der Waals surface area contributed by atoms with E-state index < -0.39 is 0 Å². The minimum Gasteiger partial charge on any atom is -0.359 e. The molecule has 5 heteroatoms. The van der Waals surface area contributed by atoms with Gasteiger partial charge in [0.05, 0.1) is 6.54 Å². The molecule has 1 fully saturated rings. The average Bonchev–Trinajstić information content (AvgIpc) is 3.26. The van der Waals surface area contributed by atoms with Gasteiger partial charge < -0.3 is 9.09 Å². The highest BCUT2D eigenvalue weighted by atomic mass is 16.5. The number of rotatable bonds is 5. The number of pyridine rings is 1. The van der Waals surface area contributed by atoms with Gasteiger partial charge in [0.25, 0.3) is 5.56 Å². The van der Waals surface area contributed by atoms with Gasteiger partial charge in [0.1, 0.15) is 5.69 Å². The van der Waals surface area contributed by atoms with Crippen LogP contribution in [-0.2, 0) is 13.1 Å². The molecule has 1 saturated heterocycles. The van der Waals surface area contributed by atoms with Crippen molar-refractivity contribution in [3.63, 3.8) is 0 Å². The van der Waals surface area contributed by atoms with Crippen LogP contribution >= 0.6 is 0 Å². The third kappa shape index (κ3) is 3.94. The van der Waals surface area contributed by atoms with Crippen LogP contribution in [-0.4, -0.2) is 27.7 Å². The van der Waals surface area contributed by atoms with Crippen molar-refractivity contribution in [3.05, 3.63) is 89.0 Å². The summed E-state index contributed by atoms with van der Waals surface area (Å²) in [7, 11) is 0. The minimum absolute atomic E-state index is 0.116. The smallest absolute Gasteiger partial charge is 0.258 e. The fraction of sp³-hybridized carbons (Fsp3) is 0.280. The van der Waals surface area contributed by atoms with Crippen LogP contribution in [0.25, 0.3) is 22.0 Å². The summed E-state index contributed by atoms with van der Waals surface area (Å²) in [4.78, 5) is 15.2. The SMILES string of the molecule is O=c1c2ccccc2ccn1CC1CCN(Cc2cc(-c3ccccc3)no2)CC1. The van der Waals surface area contributed by atoms with Gasteiger partial charge in [-0.3, -0.25) is 9.69 Å². The second-order valence-electron chi connectivity index (χ2n) is 8.12. The van der Waals surface area contributed by atoms with Gasteiger partial charge in [0.2, 0.25) is 0 Å². The highest BCUT2D eigenvalue weighted by Crippen LogP contribution is 2.23. The third-order valence-electron chi connectivity index (χ3n) is 6.06. The number of likely N-dealkylation sites (tertiary alicyclic amines) is 1. The van der Waals surface area contributed by atoms with Gasteiger partial charge in [-0.2, -0.15) is 0 Å². The van der Waals surface area contributed by atoms with Gasteiger partial charge in [-0.15, -0.1) is 0 Å². The Morgan fingerprint density at radius 3 is 2.57 bits per heavy atom. The summed E-state index contributed by atoms with van der Waals surface area (Å²) in [6.07, 6.45) is 4.11. The number of hydrogen-bond acceptors (Lipinski definition) is 4. The molecule has 30 heavy (non-hydrogen) atoms. The van der Waals surface area contributed by atoms with Crippen LogP contribution < -0.4 is 5.56 Å². The van der Waals surface area contributed by atoms with E-state index in [0.717, 1.165) is 66.8 Å². The molecule has 3 heterocycles. The Labute approximate surface area is 175 Å². The van der Waals surface area contributed by atoms with E-state index in [1.54, 1.807) is 0 Å². The molecule has 0 amide bonds. The van der Waals surface area contributed by atoms with E-state index >= 15 is 0 Å². The zero-order valence-corrected chi connectivity index (χ0v) is 16.9. The van der Waals surface area contributed by atoms with Crippen molar-refractivity contribution in [1.29, 1.82) is 0 Å². The van der Waals surface area contributed by atoms with E-state index in [-0.39, 0.29) is 5.56 Å². The first-order valence-corrected chi connectivity index (χ1v) is 10.6. The van der Waals surface area contributed by atoms with Crippen LogP contribution in [0.15, 0.2) is 82.2 Å². The van der Waals surface area contributed by atoms with E-state index in [0.29, 0.717) is 5.92 Å². The van der Waals surface area contributed by atoms with Crippen LogP contribution in [0.2, 0.25) is 0 Å². The van der Waals surface area contributed by atoms with Gasteiger partial charge in [-0.05, 0) is 49.4 Å². The Kier molecular flexibility index (Phi) is 5.20. The normalized spacial score (nSPS) is 15.6. The maximum Gasteiger partial charge on any atom is 0.258 e. The maximum atomic E-state index is 12.8. The lowest BCUT2D eigenvalue weighted by atomic mass is 9.96. The van der Waals surface area contributed by atoms with Gasteiger partial charge in [-0.1, -0.05) is 53.7 Å². The number of nitrogens with zero attached hydrogens (tertiary/aromatic N) is 3. The molecule has 0 unspecified atom stereocenters. The van der Waals surface area contributed by atoms with Crippen LogP contribution in [0.4, 0.5) is 0 Å². The van der Waals surface area contributed by atoms with Gasteiger partial charge in [-0.25, -0.2) is 0 Å². The first kappa shape index (κ1) is 18.8. The molecule has 0 N–H and O–H groups in total. The standard InChI is InChI=1S/C25H25N3O2/c29-25-23-9-5-4-6-20(23)12-15-28(25)17-19-10-13-27(14-11-19)18-22-16-24(26-30-22)21-7-2-1-3-8-21/h1-9,12,15-16,19H,10-11,13-14,17-18H2. The maximum absolute atomic E-state index is 12.8. The minimum atomic E-state index is 0.116. The van der Waals surface area contributed by atoms with Crippen LogP contribution in [0.5, 0.6) is 0 Å². The fourth-order valence-corrected chi connectivity index (χ4v) is 4.33. The second-order valence-corrected chi connectivity index (χ2v) is 8.12. The first-order chi connectivity index (χ1) is 14.8. The number of benzene rings is 2. The Balaban J connectivity index is 1.19. The zero-order valence-electron chi connectivity index (χ0n) is 16.9. The summed E-state index contributed by atoms with van der Waals surface area (Å²) in [5.41, 5.74) is 2.08. The molecule has 0 radical (unpaired) electrons. The van der Waals surface area contributed by atoms with Crippen LogP contribution in [0, 0.1) is 5.92 Å². The summed E-state index contributed by atoms with van der Waals surface area (Å²) in [5, 5.41) is 6.03. The van der Waals surface area contributed by atoms with E-state index in [2.05, 4.69) is 10.1 Å². The largest absolute Gasteiger partial charge is 0.359 e. The molecule has 4 aromatic rings. The topological polar surface area (TPSA) is 51.3 Å². The molecule has 1 aliphatic heterocycles. The molecule has 0 aliphatic carbocycles. The number of hydrogen-bond donors (Lipinski definition) is 0. The fourth-order valence-electron chi connectivity index (χ4n) is 4.33. The van der Waals surface area contributed by atoms with Crippen molar-refractivity contribution in [2.45, 2.75) is 25.9 Å². The molecular formula is C25H25N3O2. The van der Waals surface area contributed by atoms with Crippen molar-refractivity contribution in [2.24, 2.45) is 5.92 Å². The molecule has 1 aliphatic rings. The molecule has 5 nitrogen and oxygen atoms in total. The third-order valence-corrected chi connectivity index (χ3v) is 6.06. The second kappa shape index (κ2) is 8.28. The Hall–Kier alpha value is -3.18. The van der Waals surface area contributed by atoms with E-state index in [1.165, 1.54) is 0 Å².